The summed E-state index contributed by atoms with van der Waals surface area (Å²) in [5.74, 6) is -3.62. The number of carboxylic acid groups (broad SMARTS) is 1. The van der Waals surface area contributed by atoms with Crippen molar-refractivity contribution in [3.05, 3.63) is 64.6 Å². The number of halogens is 3. The van der Waals surface area contributed by atoms with E-state index in [0.717, 1.165) is 13.1 Å². The fourth-order valence-electron chi connectivity index (χ4n) is 4.83. The van der Waals surface area contributed by atoms with Gasteiger partial charge in [-0.1, -0.05) is 11.6 Å². The Kier molecular flexibility index (Phi) is 9.93. The third kappa shape index (κ3) is 6.60. The number of methoxy groups -OCH3 is 1. The van der Waals surface area contributed by atoms with Crippen LogP contribution in [0.3, 0.4) is 0 Å². The van der Waals surface area contributed by atoms with Gasteiger partial charge in [0.25, 0.3) is 18.3 Å². The van der Waals surface area contributed by atoms with Crippen LogP contribution in [0.25, 0.3) is 11.3 Å². The zero-order chi connectivity index (χ0) is 31.3. The molecule has 0 spiro atoms. The van der Waals surface area contributed by atoms with Crippen molar-refractivity contribution in [2.45, 2.75) is 0 Å². The summed E-state index contributed by atoms with van der Waals surface area (Å²) >= 11 is 6.38. The van der Waals surface area contributed by atoms with E-state index in [-0.39, 0.29) is 57.6 Å². The SMILES string of the molecule is COc1ccc(-c2cnc(C(=O)Nc3ccc(C(=O)N4CC(C(=O)N5CCNCC5)C4)c(Cl)c3)n2C)c(F)c1F.O=CO. The second-order valence-corrected chi connectivity index (χ2v) is 10.1. The average Bonchev–Trinajstić information content (AvgIpc) is 3.35. The van der Waals surface area contributed by atoms with E-state index in [1.807, 2.05) is 4.90 Å². The van der Waals surface area contributed by atoms with E-state index in [9.17, 15) is 23.2 Å². The quantitative estimate of drug-likeness (QED) is 0.357. The van der Waals surface area contributed by atoms with Gasteiger partial charge in [0.15, 0.2) is 17.4 Å². The summed E-state index contributed by atoms with van der Waals surface area (Å²) < 4.78 is 34.9. The molecule has 2 saturated heterocycles. The molecule has 3 amide bonds. The maximum atomic E-state index is 14.6. The fourth-order valence-corrected chi connectivity index (χ4v) is 5.09. The van der Waals surface area contributed by atoms with Crippen LogP contribution in [0.2, 0.25) is 5.02 Å². The topological polar surface area (TPSA) is 146 Å². The van der Waals surface area contributed by atoms with Gasteiger partial charge in [0.2, 0.25) is 11.7 Å². The summed E-state index contributed by atoms with van der Waals surface area (Å²) in [5.41, 5.74) is 0.671. The van der Waals surface area contributed by atoms with Crippen LogP contribution in [0.15, 0.2) is 36.5 Å². The second-order valence-electron chi connectivity index (χ2n) is 9.71. The summed E-state index contributed by atoms with van der Waals surface area (Å²) in [7, 11) is 2.73. The highest BCUT2D eigenvalue weighted by atomic mass is 35.5. The highest BCUT2D eigenvalue weighted by Crippen LogP contribution is 2.31. The Balaban J connectivity index is 0.00000135. The number of benzene rings is 2. The average molecular weight is 619 g/mol. The van der Waals surface area contributed by atoms with Crippen molar-refractivity contribution in [3.63, 3.8) is 0 Å². The first kappa shape index (κ1) is 31.4. The number of carbonyl (C=O) groups excluding carboxylic acids is 3. The molecule has 228 valence electrons. The predicted octanol–water partition coefficient (Wildman–Crippen LogP) is 2.48. The van der Waals surface area contributed by atoms with Crippen LogP contribution in [-0.4, -0.2) is 95.0 Å². The summed E-state index contributed by atoms with van der Waals surface area (Å²) in [6, 6.07) is 7.11. The molecule has 3 heterocycles. The summed E-state index contributed by atoms with van der Waals surface area (Å²) in [6.07, 6.45) is 1.27. The lowest BCUT2D eigenvalue weighted by atomic mass is 9.96. The summed E-state index contributed by atoms with van der Waals surface area (Å²) in [6.45, 7) is 3.27. The number of carbonyl (C=O) groups is 4. The van der Waals surface area contributed by atoms with Gasteiger partial charge in [0.1, 0.15) is 0 Å². The van der Waals surface area contributed by atoms with Crippen LogP contribution in [0.5, 0.6) is 5.75 Å². The highest BCUT2D eigenvalue weighted by Gasteiger charge is 2.38. The number of imidazole rings is 1. The van der Waals surface area contributed by atoms with Crippen LogP contribution in [-0.2, 0) is 16.6 Å². The molecule has 12 nitrogen and oxygen atoms in total. The minimum atomic E-state index is -1.14. The molecular weight excluding hydrogens is 590 g/mol. The molecule has 0 atom stereocenters. The first-order valence-corrected chi connectivity index (χ1v) is 13.5. The molecule has 43 heavy (non-hydrogen) atoms. The van der Waals surface area contributed by atoms with Gasteiger partial charge in [-0.25, -0.2) is 9.37 Å². The monoisotopic (exact) mass is 618 g/mol. The van der Waals surface area contributed by atoms with Gasteiger partial charge in [-0.15, -0.1) is 0 Å². The zero-order valence-electron chi connectivity index (χ0n) is 23.3. The van der Waals surface area contributed by atoms with Crippen LogP contribution in [0.1, 0.15) is 21.0 Å². The number of aromatic nitrogens is 2. The van der Waals surface area contributed by atoms with E-state index in [4.69, 9.17) is 26.2 Å². The van der Waals surface area contributed by atoms with Crippen molar-refractivity contribution in [2.24, 2.45) is 13.0 Å². The van der Waals surface area contributed by atoms with Crippen LogP contribution in [0.4, 0.5) is 14.5 Å². The molecule has 2 aliphatic heterocycles. The smallest absolute Gasteiger partial charge is 0.291 e. The minimum absolute atomic E-state index is 0.0531. The third-order valence-corrected chi connectivity index (χ3v) is 7.45. The van der Waals surface area contributed by atoms with Crippen molar-refractivity contribution in [3.8, 4) is 17.0 Å². The number of piperazine rings is 1. The zero-order valence-corrected chi connectivity index (χ0v) is 24.0. The number of rotatable bonds is 6. The molecule has 0 saturated carbocycles. The van der Waals surface area contributed by atoms with Gasteiger partial charge >= 0.3 is 0 Å². The molecule has 2 aliphatic rings. The lowest BCUT2D eigenvalue weighted by Gasteiger charge is -2.41. The van der Waals surface area contributed by atoms with Crippen molar-refractivity contribution >= 4 is 41.5 Å². The van der Waals surface area contributed by atoms with Gasteiger partial charge in [0.05, 0.1) is 35.5 Å². The molecule has 3 N–H and O–H groups in total. The highest BCUT2D eigenvalue weighted by molar-refractivity contribution is 6.34. The molecule has 0 unspecified atom stereocenters. The molecule has 1 aromatic heterocycles. The Hall–Kier alpha value is -4.56. The number of ether oxygens (including phenoxy) is 1. The van der Waals surface area contributed by atoms with Crippen LogP contribution in [0, 0.1) is 17.6 Å². The van der Waals surface area contributed by atoms with Gasteiger partial charge in [0, 0.05) is 57.6 Å². The summed E-state index contributed by atoms with van der Waals surface area (Å²) in [4.78, 5) is 54.3. The summed E-state index contributed by atoms with van der Waals surface area (Å²) in [5, 5.41) is 12.9. The number of nitrogens with one attached hydrogen (secondary N) is 2. The number of likely N-dealkylation sites (tertiary alicyclic amines) is 1. The first-order chi connectivity index (χ1) is 20.6. The van der Waals surface area contributed by atoms with Crippen LogP contribution < -0.4 is 15.4 Å². The van der Waals surface area contributed by atoms with E-state index in [0.29, 0.717) is 31.9 Å². The lowest BCUT2D eigenvalue weighted by Crippen LogP contribution is -2.58. The third-order valence-electron chi connectivity index (χ3n) is 7.14. The van der Waals surface area contributed by atoms with E-state index in [1.165, 1.54) is 55.3 Å². The van der Waals surface area contributed by atoms with Crippen molar-refractivity contribution in [2.75, 3.05) is 51.7 Å². The van der Waals surface area contributed by atoms with Gasteiger partial charge in [-0.05, 0) is 30.3 Å². The predicted molar refractivity (Wildman–Crippen MR) is 152 cm³/mol. The molecule has 2 fully saturated rings. The van der Waals surface area contributed by atoms with Gasteiger partial charge < -0.3 is 34.8 Å². The number of hydrogen-bond donors (Lipinski definition) is 3. The maximum Gasteiger partial charge on any atom is 0.291 e. The van der Waals surface area contributed by atoms with E-state index >= 15 is 0 Å². The molecule has 2 aromatic carbocycles. The molecule has 0 radical (unpaired) electrons. The Morgan fingerprint density at radius 2 is 1.79 bits per heavy atom. The van der Waals surface area contributed by atoms with Crippen molar-refractivity contribution in [1.82, 2.24) is 24.7 Å². The molecular formula is C28H29ClF2N6O6. The van der Waals surface area contributed by atoms with Crippen molar-refractivity contribution < 1.29 is 37.8 Å². The minimum Gasteiger partial charge on any atom is -0.494 e. The molecule has 15 heteroatoms. The molecule has 0 aliphatic carbocycles. The molecule has 5 rings (SSSR count). The maximum absolute atomic E-state index is 14.6. The van der Waals surface area contributed by atoms with Crippen molar-refractivity contribution in [1.29, 1.82) is 0 Å². The largest absolute Gasteiger partial charge is 0.494 e. The molecule has 0 bridgehead atoms. The Morgan fingerprint density at radius 1 is 1.12 bits per heavy atom. The van der Waals surface area contributed by atoms with Gasteiger partial charge in [-0.2, -0.15) is 4.39 Å². The lowest BCUT2D eigenvalue weighted by molar-refractivity contribution is -0.140. The van der Waals surface area contributed by atoms with E-state index < -0.39 is 17.5 Å². The van der Waals surface area contributed by atoms with Gasteiger partial charge in [-0.3, -0.25) is 19.2 Å². The standard InChI is InChI=1S/C27H27ClF2N6O4.CH2O2/c1-34-20(18-5-6-21(40-2)23(30)22(18)29)12-32-24(34)25(37)33-16-3-4-17(19(28)11-16)27(39)36-13-15(14-36)26(38)35-9-7-31-8-10-35;2-1-3/h3-6,11-12,15,31H,7-10,13-14H2,1-2H3,(H,33,37);1H,(H,2,3). The molecule has 3 aromatic rings. The van der Waals surface area contributed by atoms with Crippen LogP contribution >= 0.6 is 11.6 Å². The Labute approximate surface area is 250 Å². The van der Waals surface area contributed by atoms with E-state index in [2.05, 4.69) is 15.6 Å². The first-order valence-electron chi connectivity index (χ1n) is 13.1. The number of hydrogen-bond acceptors (Lipinski definition) is 7. The second kappa shape index (κ2) is 13.6. The normalized spacial score (nSPS) is 14.7. The Bertz CT molecular complexity index is 1540. The fraction of sp³-hybridized carbons (Fsp3) is 0.321. The number of anilines is 1. The number of amides is 3. The number of nitrogens with zero attached hydrogens (tertiary/aromatic N) is 4. The van der Waals surface area contributed by atoms with E-state index in [1.54, 1.807) is 4.90 Å². The Morgan fingerprint density at radius 3 is 2.42 bits per heavy atom.